The summed E-state index contributed by atoms with van der Waals surface area (Å²) in [7, 11) is 1.59. The summed E-state index contributed by atoms with van der Waals surface area (Å²) in [5, 5.41) is 2.87. The summed E-state index contributed by atoms with van der Waals surface area (Å²) in [6, 6.07) is 5.17. The van der Waals surface area contributed by atoms with Crippen LogP contribution in [0.2, 0.25) is 0 Å². The van der Waals surface area contributed by atoms with Crippen molar-refractivity contribution in [2.24, 2.45) is 11.8 Å². The molecule has 1 fully saturated rings. The minimum atomic E-state index is -0.193. The summed E-state index contributed by atoms with van der Waals surface area (Å²) in [4.78, 5) is 23.1. The average molecular weight is 315 g/mol. The number of methoxy groups -OCH3 is 1. The molecule has 1 aromatic rings. The number of carbonyl (C=O) groups is 2. The van der Waals surface area contributed by atoms with Crippen LogP contribution in [0.25, 0.3) is 0 Å². The van der Waals surface area contributed by atoms with Crippen LogP contribution in [-0.2, 0) is 4.79 Å². The lowest BCUT2D eigenvalue weighted by Gasteiger charge is -2.12. The van der Waals surface area contributed by atoms with Gasteiger partial charge in [0.05, 0.1) is 13.7 Å². The number of amides is 1. The maximum absolute atomic E-state index is 12.4. The second kappa shape index (κ2) is 6.86. The van der Waals surface area contributed by atoms with Crippen molar-refractivity contribution < 1.29 is 19.1 Å². The number of hydrogen-bond acceptors (Lipinski definition) is 4. The lowest BCUT2D eigenvalue weighted by Crippen LogP contribution is -2.22. The van der Waals surface area contributed by atoms with Gasteiger partial charge in [0.15, 0.2) is 11.5 Å². The van der Waals surface area contributed by atoms with Gasteiger partial charge in [-0.15, -0.1) is 0 Å². The molecule has 1 saturated carbocycles. The third kappa shape index (κ3) is 3.92. The van der Waals surface area contributed by atoms with Crippen LogP contribution < -0.4 is 14.8 Å². The molecule has 0 saturated heterocycles. The molecule has 0 radical (unpaired) electrons. The third-order valence-electron chi connectivity index (χ3n) is 4.21. The van der Waals surface area contributed by atoms with Crippen LogP contribution in [0.1, 0.15) is 36.0 Å². The van der Waals surface area contributed by atoms with Gasteiger partial charge in [-0.25, -0.2) is 0 Å². The van der Waals surface area contributed by atoms with Gasteiger partial charge in [-0.2, -0.15) is 0 Å². The minimum absolute atomic E-state index is 0.0846. The molecule has 5 heteroatoms. The van der Waals surface area contributed by atoms with E-state index in [-0.39, 0.29) is 11.8 Å². The van der Waals surface area contributed by atoms with Crippen molar-refractivity contribution in [3.05, 3.63) is 35.5 Å². The number of hydrogen-bond donors (Lipinski definition) is 1. The first-order valence-electron chi connectivity index (χ1n) is 7.97. The van der Waals surface area contributed by atoms with Crippen LogP contribution in [0.3, 0.4) is 0 Å². The van der Waals surface area contributed by atoms with Crippen LogP contribution in [0.15, 0.2) is 30.0 Å². The van der Waals surface area contributed by atoms with Gasteiger partial charge in [0, 0.05) is 17.2 Å². The van der Waals surface area contributed by atoms with Crippen LogP contribution in [0.5, 0.6) is 11.5 Å². The zero-order chi connectivity index (χ0) is 16.2. The van der Waals surface area contributed by atoms with E-state index in [2.05, 4.69) is 5.32 Å². The summed E-state index contributed by atoms with van der Waals surface area (Å²) in [6.07, 6.45) is 6.62. The Morgan fingerprint density at radius 2 is 2.13 bits per heavy atom. The number of carbonyl (C=O) groups excluding carboxylic acids is 2. The fourth-order valence-corrected chi connectivity index (χ4v) is 2.60. The van der Waals surface area contributed by atoms with Crippen molar-refractivity contribution >= 4 is 12.2 Å². The van der Waals surface area contributed by atoms with Gasteiger partial charge in [-0.1, -0.05) is 6.08 Å². The van der Waals surface area contributed by atoms with Crippen molar-refractivity contribution in [2.75, 3.05) is 13.7 Å². The molecule has 0 heterocycles. The third-order valence-corrected chi connectivity index (χ3v) is 4.21. The summed E-state index contributed by atoms with van der Waals surface area (Å²) in [5.41, 5.74) is 1.33. The molecule has 2 aliphatic carbocycles. The molecule has 0 aliphatic heterocycles. The Morgan fingerprint density at radius 1 is 1.30 bits per heavy atom. The summed E-state index contributed by atoms with van der Waals surface area (Å²) < 4.78 is 11.1. The Bertz CT molecular complexity index is 634. The van der Waals surface area contributed by atoms with Gasteiger partial charge in [-0.05, 0) is 49.8 Å². The van der Waals surface area contributed by atoms with E-state index < -0.39 is 0 Å². The molecule has 2 aliphatic rings. The minimum Gasteiger partial charge on any atom is -0.493 e. The van der Waals surface area contributed by atoms with Crippen molar-refractivity contribution in [2.45, 2.75) is 25.7 Å². The predicted molar refractivity (Wildman–Crippen MR) is 85.6 cm³/mol. The van der Waals surface area contributed by atoms with Crippen molar-refractivity contribution in [3.63, 3.8) is 0 Å². The van der Waals surface area contributed by atoms with Crippen LogP contribution in [0.4, 0.5) is 0 Å². The van der Waals surface area contributed by atoms with Crippen molar-refractivity contribution in [1.82, 2.24) is 5.32 Å². The smallest absolute Gasteiger partial charge is 0.255 e. The highest BCUT2D eigenvalue weighted by molar-refractivity contribution is 5.96. The first-order chi connectivity index (χ1) is 11.2. The van der Waals surface area contributed by atoms with Crippen LogP contribution in [0, 0.1) is 11.8 Å². The number of ether oxygens (including phenoxy) is 2. The molecule has 0 aromatic heterocycles. The molecule has 1 N–H and O–H groups in total. The molecule has 3 rings (SSSR count). The number of aldehydes is 1. The van der Waals surface area contributed by atoms with Gasteiger partial charge in [0.2, 0.25) is 0 Å². The molecular weight excluding hydrogens is 294 g/mol. The summed E-state index contributed by atoms with van der Waals surface area (Å²) in [5.74, 6) is 1.57. The monoisotopic (exact) mass is 315 g/mol. The second-order valence-corrected chi connectivity index (χ2v) is 6.10. The van der Waals surface area contributed by atoms with Gasteiger partial charge >= 0.3 is 0 Å². The normalized spacial score (nSPS) is 19.9. The first-order valence-corrected chi connectivity index (χ1v) is 7.97. The molecule has 1 unspecified atom stereocenters. The van der Waals surface area contributed by atoms with Crippen molar-refractivity contribution in [3.8, 4) is 11.5 Å². The van der Waals surface area contributed by atoms with Gasteiger partial charge in [0.25, 0.3) is 5.91 Å². The predicted octanol–water partition coefficient (Wildman–Crippen LogP) is 2.71. The Morgan fingerprint density at radius 3 is 2.78 bits per heavy atom. The second-order valence-electron chi connectivity index (χ2n) is 6.10. The van der Waals surface area contributed by atoms with Crippen LogP contribution >= 0.6 is 0 Å². The SMILES string of the molecule is COc1ccc(C(=O)NC2=CC(C=O)CC2)cc1OCC1CC1. The van der Waals surface area contributed by atoms with Crippen LogP contribution in [-0.4, -0.2) is 25.9 Å². The molecule has 0 spiro atoms. The molecule has 1 atom stereocenters. The molecule has 5 nitrogen and oxygen atoms in total. The Balaban J connectivity index is 1.69. The zero-order valence-electron chi connectivity index (χ0n) is 13.2. The van der Waals surface area contributed by atoms with E-state index in [1.54, 1.807) is 25.3 Å². The standard InChI is InChI=1S/C18H21NO4/c1-22-16-7-5-14(9-17(16)23-11-12-2-3-12)18(21)19-15-6-4-13(8-15)10-20/h5,7-10,12-13H,2-4,6,11H2,1H3,(H,19,21). The molecule has 122 valence electrons. The Labute approximate surface area is 135 Å². The van der Waals surface area contributed by atoms with Crippen molar-refractivity contribution in [1.29, 1.82) is 0 Å². The summed E-state index contributed by atoms with van der Waals surface area (Å²) in [6.45, 7) is 0.660. The highest BCUT2D eigenvalue weighted by Gasteiger charge is 2.23. The molecule has 23 heavy (non-hydrogen) atoms. The van der Waals surface area contributed by atoms with E-state index >= 15 is 0 Å². The molecule has 0 bridgehead atoms. The van der Waals surface area contributed by atoms with E-state index in [0.29, 0.717) is 29.6 Å². The number of nitrogens with one attached hydrogen (secondary N) is 1. The molecule has 1 aromatic carbocycles. The molecular formula is C18H21NO4. The van der Waals surface area contributed by atoms with E-state index in [1.165, 1.54) is 12.8 Å². The topological polar surface area (TPSA) is 64.6 Å². The average Bonchev–Trinajstić information content (AvgIpc) is 3.30. The van der Waals surface area contributed by atoms with E-state index in [4.69, 9.17) is 9.47 Å². The maximum atomic E-state index is 12.4. The number of allylic oxidation sites excluding steroid dienone is 2. The first kappa shape index (κ1) is 15.6. The fraction of sp³-hybridized carbons (Fsp3) is 0.444. The lowest BCUT2D eigenvalue weighted by molar-refractivity contribution is -0.109. The zero-order valence-corrected chi connectivity index (χ0v) is 13.2. The fourth-order valence-electron chi connectivity index (χ4n) is 2.60. The van der Waals surface area contributed by atoms with Gasteiger partial charge in [-0.3, -0.25) is 4.79 Å². The Hall–Kier alpha value is -2.30. The van der Waals surface area contributed by atoms with E-state index in [9.17, 15) is 9.59 Å². The quantitative estimate of drug-likeness (QED) is 0.786. The molecule has 1 amide bonds. The highest BCUT2D eigenvalue weighted by Crippen LogP contribution is 2.33. The highest BCUT2D eigenvalue weighted by atomic mass is 16.5. The van der Waals surface area contributed by atoms with E-state index in [0.717, 1.165) is 24.8 Å². The van der Waals surface area contributed by atoms with Gasteiger partial charge < -0.3 is 19.6 Å². The van der Waals surface area contributed by atoms with Gasteiger partial charge in [0.1, 0.15) is 6.29 Å². The maximum Gasteiger partial charge on any atom is 0.255 e. The summed E-state index contributed by atoms with van der Waals surface area (Å²) >= 11 is 0. The Kier molecular flexibility index (Phi) is 4.65. The number of rotatable bonds is 7. The lowest BCUT2D eigenvalue weighted by atomic mass is 10.1. The van der Waals surface area contributed by atoms with E-state index in [1.807, 2.05) is 6.08 Å². The largest absolute Gasteiger partial charge is 0.493 e. The number of benzene rings is 1.